The van der Waals surface area contributed by atoms with Crippen molar-refractivity contribution in [3.05, 3.63) is 99.3 Å². The average molecular weight is 421 g/mol. The van der Waals surface area contributed by atoms with Crippen LogP contribution in [0.5, 0.6) is 0 Å². The van der Waals surface area contributed by atoms with Gasteiger partial charge in [-0.2, -0.15) is 0 Å². The Morgan fingerprint density at radius 2 is 1.63 bits per heavy atom. The minimum atomic E-state index is -0.769. The molecule has 0 bridgehead atoms. The van der Waals surface area contributed by atoms with Crippen LogP contribution in [0.4, 0.5) is 0 Å². The number of halogens is 1. The maximum absolute atomic E-state index is 11.0. The summed E-state index contributed by atoms with van der Waals surface area (Å²) < 4.78 is 3.18. The highest BCUT2D eigenvalue weighted by Crippen LogP contribution is 2.28. The van der Waals surface area contributed by atoms with Crippen LogP contribution < -0.4 is 0 Å². The Morgan fingerprint density at radius 1 is 0.963 bits per heavy atom. The summed E-state index contributed by atoms with van der Waals surface area (Å²) in [5.74, 6) is 0.670. The summed E-state index contributed by atoms with van der Waals surface area (Å²) in [4.78, 5) is 4.81. The van der Waals surface area contributed by atoms with Crippen LogP contribution in [-0.4, -0.2) is 14.7 Å². The summed E-state index contributed by atoms with van der Waals surface area (Å²) in [7, 11) is 0. The van der Waals surface area contributed by atoms with Crippen molar-refractivity contribution >= 4 is 27.0 Å². The first-order chi connectivity index (χ1) is 13.0. The number of hydrogen-bond donors (Lipinski definition) is 1. The lowest BCUT2D eigenvalue weighted by Crippen LogP contribution is -2.11. The van der Waals surface area contributed by atoms with Crippen molar-refractivity contribution < 1.29 is 5.11 Å². The molecule has 136 valence electrons. The van der Waals surface area contributed by atoms with E-state index in [2.05, 4.69) is 58.6 Å². The molecule has 1 aromatic heterocycles. The van der Waals surface area contributed by atoms with Crippen LogP contribution in [0.1, 0.15) is 34.2 Å². The van der Waals surface area contributed by atoms with E-state index in [-0.39, 0.29) is 0 Å². The van der Waals surface area contributed by atoms with E-state index < -0.39 is 6.10 Å². The van der Waals surface area contributed by atoms with Crippen LogP contribution in [0.15, 0.2) is 71.2 Å². The van der Waals surface area contributed by atoms with Gasteiger partial charge in [-0.1, -0.05) is 58.4 Å². The molecule has 0 spiro atoms. The van der Waals surface area contributed by atoms with Crippen LogP contribution in [0, 0.1) is 13.8 Å². The molecule has 3 aromatic carbocycles. The monoisotopic (exact) mass is 420 g/mol. The minimum Gasteiger partial charge on any atom is -0.380 e. The third kappa shape index (κ3) is 3.55. The fraction of sp³-hybridized carbons (Fsp3) is 0.174. The topological polar surface area (TPSA) is 38.1 Å². The second kappa shape index (κ2) is 7.29. The van der Waals surface area contributed by atoms with E-state index in [4.69, 9.17) is 4.98 Å². The van der Waals surface area contributed by atoms with Crippen LogP contribution in [-0.2, 0) is 6.54 Å². The van der Waals surface area contributed by atoms with Crippen molar-refractivity contribution in [2.45, 2.75) is 26.5 Å². The Morgan fingerprint density at radius 3 is 2.33 bits per heavy atom. The van der Waals surface area contributed by atoms with Gasteiger partial charge >= 0.3 is 0 Å². The molecule has 0 radical (unpaired) electrons. The van der Waals surface area contributed by atoms with E-state index in [1.165, 1.54) is 11.1 Å². The maximum atomic E-state index is 11.0. The Balaban J connectivity index is 1.87. The van der Waals surface area contributed by atoms with Crippen LogP contribution in [0.25, 0.3) is 11.0 Å². The van der Waals surface area contributed by atoms with Gasteiger partial charge in [0.25, 0.3) is 0 Å². The third-order valence-corrected chi connectivity index (χ3v) is 5.54. The van der Waals surface area contributed by atoms with Gasteiger partial charge < -0.3 is 9.67 Å². The molecule has 0 saturated carbocycles. The molecule has 0 fully saturated rings. The van der Waals surface area contributed by atoms with Gasteiger partial charge in [-0.3, -0.25) is 0 Å². The predicted octanol–water partition coefficient (Wildman–Crippen LogP) is 5.55. The number of fused-ring (bicyclic) bond motifs is 1. The van der Waals surface area contributed by atoms with Crippen LogP contribution in [0.2, 0.25) is 0 Å². The highest BCUT2D eigenvalue weighted by atomic mass is 79.9. The Bertz CT molecular complexity index is 1090. The molecule has 1 atom stereocenters. The highest BCUT2D eigenvalue weighted by Gasteiger charge is 2.20. The Kier molecular flexibility index (Phi) is 4.85. The van der Waals surface area contributed by atoms with Gasteiger partial charge in [0.2, 0.25) is 0 Å². The summed E-state index contributed by atoms with van der Waals surface area (Å²) >= 11 is 3.49. The van der Waals surface area contributed by atoms with E-state index in [9.17, 15) is 5.11 Å². The predicted molar refractivity (Wildman–Crippen MR) is 113 cm³/mol. The lowest BCUT2D eigenvalue weighted by molar-refractivity contribution is 0.206. The minimum absolute atomic E-state index is 0.658. The van der Waals surface area contributed by atoms with Gasteiger partial charge in [0, 0.05) is 11.0 Å². The van der Waals surface area contributed by atoms with Crippen molar-refractivity contribution in [2.75, 3.05) is 0 Å². The number of rotatable bonds is 4. The van der Waals surface area contributed by atoms with Crippen LogP contribution in [0.3, 0.4) is 0 Å². The molecule has 27 heavy (non-hydrogen) atoms. The van der Waals surface area contributed by atoms with Crippen molar-refractivity contribution in [2.24, 2.45) is 0 Å². The summed E-state index contributed by atoms with van der Waals surface area (Å²) in [5.41, 5.74) is 6.40. The Labute approximate surface area is 167 Å². The number of imidazole rings is 1. The fourth-order valence-corrected chi connectivity index (χ4v) is 3.59. The molecule has 4 heteroatoms. The van der Waals surface area contributed by atoms with E-state index >= 15 is 0 Å². The summed E-state index contributed by atoms with van der Waals surface area (Å²) in [5, 5.41) is 11.0. The number of benzene rings is 3. The van der Waals surface area contributed by atoms with Gasteiger partial charge in [0.1, 0.15) is 11.9 Å². The molecule has 1 N–H and O–H groups in total. The number of nitrogens with zero attached hydrogens (tertiary/aromatic N) is 2. The maximum Gasteiger partial charge on any atom is 0.143 e. The quantitative estimate of drug-likeness (QED) is 0.470. The van der Waals surface area contributed by atoms with Gasteiger partial charge in [-0.25, -0.2) is 4.98 Å². The molecule has 3 nitrogen and oxygen atoms in total. The number of aliphatic hydroxyl groups is 1. The summed E-state index contributed by atoms with van der Waals surface area (Å²) in [6.45, 7) is 4.86. The molecule has 0 aliphatic heterocycles. The summed E-state index contributed by atoms with van der Waals surface area (Å²) in [6, 6.07) is 22.2. The molecular formula is C23H21BrN2O. The molecule has 4 aromatic rings. The molecule has 0 aliphatic carbocycles. The Hall–Kier alpha value is -2.43. The zero-order chi connectivity index (χ0) is 19.0. The van der Waals surface area contributed by atoms with Gasteiger partial charge in [0.15, 0.2) is 0 Å². The number of aliphatic hydroxyl groups excluding tert-OH is 1. The lowest BCUT2D eigenvalue weighted by Gasteiger charge is -2.15. The average Bonchev–Trinajstić information content (AvgIpc) is 3.01. The van der Waals surface area contributed by atoms with Crippen molar-refractivity contribution in [1.82, 2.24) is 9.55 Å². The number of aromatic nitrogens is 2. The van der Waals surface area contributed by atoms with Crippen molar-refractivity contribution in [3.8, 4) is 0 Å². The van der Waals surface area contributed by atoms with Crippen molar-refractivity contribution in [1.29, 1.82) is 0 Å². The highest BCUT2D eigenvalue weighted by molar-refractivity contribution is 9.10. The van der Waals surface area contributed by atoms with Gasteiger partial charge in [-0.15, -0.1) is 0 Å². The molecule has 0 amide bonds. The smallest absolute Gasteiger partial charge is 0.143 e. The zero-order valence-electron chi connectivity index (χ0n) is 15.4. The first-order valence-electron chi connectivity index (χ1n) is 8.98. The summed E-state index contributed by atoms with van der Waals surface area (Å²) in [6.07, 6.45) is -0.769. The fourth-order valence-electron chi connectivity index (χ4n) is 3.33. The molecule has 0 saturated heterocycles. The van der Waals surface area contributed by atoms with Gasteiger partial charge in [0.05, 0.1) is 11.0 Å². The standard InChI is InChI=1S/C23H21BrN2O/c1-15-12-20-21(13-16(15)2)26(14-17-8-10-19(24)11-9-17)23(25-20)22(27)18-6-4-3-5-7-18/h3-13,22,27H,14H2,1-2H3. The molecule has 1 unspecified atom stereocenters. The van der Waals surface area contributed by atoms with E-state index in [0.29, 0.717) is 12.4 Å². The van der Waals surface area contributed by atoms with Gasteiger partial charge in [-0.05, 0) is 60.4 Å². The number of aryl methyl sites for hydroxylation is 2. The molecule has 4 rings (SSSR count). The zero-order valence-corrected chi connectivity index (χ0v) is 16.9. The largest absolute Gasteiger partial charge is 0.380 e. The molecular weight excluding hydrogens is 400 g/mol. The second-order valence-electron chi connectivity index (χ2n) is 6.92. The van der Waals surface area contributed by atoms with E-state index in [0.717, 1.165) is 26.6 Å². The lowest BCUT2D eigenvalue weighted by atomic mass is 10.1. The van der Waals surface area contributed by atoms with Crippen molar-refractivity contribution in [3.63, 3.8) is 0 Å². The van der Waals surface area contributed by atoms with E-state index in [1.54, 1.807) is 0 Å². The normalized spacial score (nSPS) is 12.4. The third-order valence-electron chi connectivity index (χ3n) is 5.01. The van der Waals surface area contributed by atoms with E-state index in [1.807, 2.05) is 42.5 Å². The molecule has 1 heterocycles. The molecule has 0 aliphatic rings. The first-order valence-corrected chi connectivity index (χ1v) is 9.77. The second-order valence-corrected chi connectivity index (χ2v) is 7.84. The number of hydrogen-bond acceptors (Lipinski definition) is 2. The van der Waals surface area contributed by atoms with Crippen LogP contribution >= 0.6 is 15.9 Å². The first kappa shape index (κ1) is 18.0. The SMILES string of the molecule is Cc1cc2nc(C(O)c3ccccc3)n(Cc3ccc(Br)cc3)c2cc1C.